The van der Waals surface area contributed by atoms with Gasteiger partial charge in [-0.05, 0) is 52.7 Å². The van der Waals surface area contributed by atoms with Gasteiger partial charge in [0.05, 0.1) is 9.40 Å². The molecule has 0 saturated carbocycles. The highest BCUT2D eigenvalue weighted by Gasteiger charge is 2.11. The first-order valence-electron chi connectivity index (χ1n) is 6.49. The lowest BCUT2D eigenvalue weighted by Gasteiger charge is -2.12. The van der Waals surface area contributed by atoms with Gasteiger partial charge in [0.15, 0.2) is 6.61 Å². The largest absolute Gasteiger partial charge is 0.482 e. The summed E-state index contributed by atoms with van der Waals surface area (Å²) in [5, 5.41) is 13.2. The Balaban J connectivity index is 1.96. The summed E-state index contributed by atoms with van der Waals surface area (Å²) in [5.41, 5.74) is 1.32. The van der Waals surface area contributed by atoms with E-state index < -0.39 is 4.92 Å². The van der Waals surface area contributed by atoms with Crippen molar-refractivity contribution in [3.8, 4) is 5.75 Å². The number of carbonyl (C=O) groups excluding carboxylic acids is 1. The van der Waals surface area contributed by atoms with Gasteiger partial charge in [0.1, 0.15) is 5.75 Å². The van der Waals surface area contributed by atoms with Crippen LogP contribution in [0.4, 0.5) is 11.4 Å². The summed E-state index contributed by atoms with van der Waals surface area (Å²) in [6.45, 7) is 1.71. The van der Waals surface area contributed by atoms with Gasteiger partial charge >= 0.3 is 0 Å². The summed E-state index contributed by atoms with van der Waals surface area (Å²) in [7, 11) is 0. The number of aryl methyl sites for hydroxylation is 1. The standard InChI is InChI=1S/C15H12Br2N2O4/c1-9-6-10(16)7-13(17)15(9)23-8-14(20)18-11-2-4-12(5-3-11)19(21)22/h2-7H,8H2,1H3,(H,18,20). The third-order valence-electron chi connectivity index (χ3n) is 2.90. The Bertz CT molecular complexity index is 725. The molecular formula is C15H12Br2N2O4. The SMILES string of the molecule is Cc1cc(Br)cc(Br)c1OCC(=O)Nc1ccc([N+](=O)[O-])cc1. The lowest BCUT2D eigenvalue weighted by Crippen LogP contribution is -2.20. The normalized spacial score (nSPS) is 10.2. The minimum absolute atomic E-state index is 0.0336. The zero-order chi connectivity index (χ0) is 17.0. The topological polar surface area (TPSA) is 81.5 Å². The fourth-order valence-electron chi connectivity index (χ4n) is 1.87. The van der Waals surface area contributed by atoms with Crippen molar-refractivity contribution in [3.63, 3.8) is 0 Å². The van der Waals surface area contributed by atoms with E-state index >= 15 is 0 Å². The average Bonchev–Trinajstić information content (AvgIpc) is 2.46. The maximum atomic E-state index is 11.9. The highest BCUT2D eigenvalue weighted by Crippen LogP contribution is 2.32. The Morgan fingerprint density at radius 2 is 1.91 bits per heavy atom. The molecule has 0 aliphatic carbocycles. The molecule has 0 atom stereocenters. The van der Waals surface area contributed by atoms with E-state index in [2.05, 4.69) is 37.2 Å². The summed E-state index contributed by atoms with van der Waals surface area (Å²) in [6, 6.07) is 9.30. The summed E-state index contributed by atoms with van der Waals surface area (Å²) in [5.74, 6) is 0.236. The number of nitrogens with zero attached hydrogens (tertiary/aromatic N) is 1. The number of nitro groups is 1. The monoisotopic (exact) mass is 442 g/mol. The van der Waals surface area contributed by atoms with Crippen molar-refractivity contribution >= 4 is 49.1 Å². The van der Waals surface area contributed by atoms with Gasteiger partial charge in [-0.15, -0.1) is 0 Å². The third-order valence-corrected chi connectivity index (χ3v) is 3.95. The molecule has 8 heteroatoms. The molecular weight excluding hydrogens is 432 g/mol. The molecule has 0 heterocycles. The van der Waals surface area contributed by atoms with E-state index in [0.29, 0.717) is 11.4 Å². The summed E-state index contributed by atoms with van der Waals surface area (Å²) in [6.07, 6.45) is 0. The Hall–Kier alpha value is -1.93. The first-order valence-corrected chi connectivity index (χ1v) is 8.08. The molecule has 2 rings (SSSR count). The molecule has 23 heavy (non-hydrogen) atoms. The van der Waals surface area contributed by atoms with Gasteiger partial charge in [0.25, 0.3) is 11.6 Å². The van der Waals surface area contributed by atoms with Crippen LogP contribution in [0.5, 0.6) is 5.75 Å². The van der Waals surface area contributed by atoms with Gasteiger partial charge in [0.2, 0.25) is 0 Å². The maximum Gasteiger partial charge on any atom is 0.269 e. The first kappa shape index (κ1) is 17.4. The number of carbonyl (C=O) groups is 1. The second-order valence-electron chi connectivity index (χ2n) is 4.67. The van der Waals surface area contributed by atoms with Gasteiger partial charge < -0.3 is 10.1 Å². The maximum absolute atomic E-state index is 11.9. The van der Waals surface area contributed by atoms with Crippen LogP contribution in [0.2, 0.25) is 0 Å². The van der Waals surface area contributed by atoms with Crippen LogP contribution in [0.15, 0.2) is 45.3 Å². The number of rotatable bonds is 5. The van der Waals surface area contributed by atoms with Crippen LogP contribution in [0.1, 0.15) is 5.56 Å². The van der Waals surface area contributed by atoms with Crippen molar-refractivity contribution in [1.82, 2.24) is 0 Å². The van der Waals surface area contributed by atoms with Crippen LogP contribution < -0.4 is 10.1 Å². The fraction of sp³-hybridized carbons (Fsp3) is 0.133. The van der Waals surface area contributed by atoms with Crippen molar-refractivity contribution in [3.05, 3.63) is 61.0 Å². The van der Waals surface area contributed by atoms with Crippen LogP contribution in [-0.2, 0) is 4.79 Å². The molecule has 0 aliphatic rings. The molecule has 0 unspecified atom stereocenters. The van der Waals surface area contributed by atoms with Gasteiger partial charge in [0, 0.05) is 22.3 Å². The molecule has 0 saturated heterocycles. The van der Waals surface area contributed by atoms with Crippen molar-refractivity contribution in [2.75, 3.05) is 11.9 Å². The van der Waals surface area contributed by atoms with Crippen molar-refractivity contribution < 1.29 is 14.5 Å². The Kier molecular flexibility index (Phi) is 5.73. The molecule has 6 nitrogen and oxygen atoms in total. The van der Waals surface area contributed by atoms with Crippen LogP contribution in [0, 0.1) is 17.0 Å². The Morgan fingerprint density at radius 3 is 2.48 bits per heavy atom. The quantitative estimate of drug-likeness (QED) is 0.546. The fourth-order valence-corrected chi connectivity index (χ4v) is 3.43. The molecule has 0 radical (unpaired) electrons. The zero-order valence-corrected chi connectivity index (χ0v) is 15.2. The lowest BCUT2D eigenvalue weighted by atomic mass is 10.2. The van der Waals surface area contributed by atoms with Gasteiger partial charge in [-0.1, -0.05) is 15.9 Å². The van der Waals surface area contributed by atoms with Crippen LogP contribution in [-0.4, -0.2) is 17.4 Å². The molecule has 2 aromatic carbocycles. The molecule has 2 aromatic rings. The van der Waals surface area contributed by atoms with E-state index in [1.807, 2.05) is 19.1 Å². The Labute approximate surface area is 149 Å². The highest BCUT2D eigenvalue weighted by molar-refractivity contribution is 9.11. The second kappa shape index (κ2) is 7.56. The molecule has 0 aliphatic heterocycles. The summed E-state index contributed by atoms with van der Waals surface area (Å²) in [4.78, 5) is 22.0. The number of amides is 1. The number of halogens is 2. The lowest BCUT2D eigenvalue weighted by molar-refractivity contribution is -0.384. The number of ether oxygens (including phenoxy) is 1. The summed E-state index contributed by atoms with van der Waals surface area (Å²) < 4.78 is 7.18. The van der Waals surface area contributed by atoms with Gasteiger partial charge in [-0.3, -0.25) is 14.9 Å². The molecule has 0 bridgehead atoms. The van der Waals surface area contributed by atoms with Crippen LogP contribution in [0.3, 0.4) is 0 Å². The van der Waals surface area contributed by atoms with E-state index in [9.17, 15) is 14.9 Å². The minimum atomic E-state index is -0.497. The number of hydrogen-bond acceptors (Lipinski definition) is 4. The predicted molar refractivity (Wildman–Crippen MR) is 93.8 cm³/mol. The highest BCUT2D eigenvalue weighted by atomic mass is 79.9. The first-order chi connectivity index (χ1) is 10.9. The molecule has 0 aromatic heterocycles. The van der Waals surface area contributed by atoms with E-state index in [0.717, 1.165) is 14.5 Å². The van der Waals surface area contributed by atoms with Gasteiger partial charge in [-0.25, -0.2) is 0 Å². The van der Waals surface area contributed by atoms with Crippen LogP contribution in [0.25, 0.3) is 0 Å². The number of benzene rings is 2. The molecule has 0 fully saturated rings. The van der Waals surface area contributed by atoms with E-state index in [1.54, 1.807) is 0 Å². The zero-order valence-electron chi connectivity index (χ0n) is 12.0. The minimum Gasteiger partial charge on any atom is -0.482 e. The van der Waals surface area contributed by atoms with Gasteiger partial charge in [-0.2, -0.15) is 0 Å². The van der Waals surface area contributed by atoms with E-state index in [1.165, 1.54) is 24.3 Å². The van der Waals surface area contributed by atoms with Crippen molar-refractivity contribution in [2.24, 2.45) is 0 Å². The van der Waals surface area contributed by atoms with E-state index in [4.69, 9.17) is 4.74 Å². The molecule has 120 valence electrons. The summed E-state index contributed by atoms with van der Waals surface area (Å²) >= 11 is 6.76. The van der Waals surface area contributed by atoms with Crippen LogP contribution >= 0.6 is 31.9 Å². The number of nitro benzene ring substituents is 1. The predicted octanol–water partition coefficient (Wildman–Crippen LogP) is 4.45. The molecule has 1 amide bonds. The van der Waals surface area contributed by atoms with E-state index in [-0.39, 0.29) is 18.2 Å². The average molecular weight is 444 g/mol. The molecule has 1 N–H and O–H groups in total. The van der Waals surface area contributed by atoms with Crippen molar-refractivity contribution in [1.29, 1.82) is 0 Å². The molecule has 0 spiro atoms. The number of nitrogens with one attached hydrogen (secondary N) is 1. The van der Waals surface area contributed by atoms with Crippen molar-refractivity contribution in [2.45, 2.75) is 6.92 Å². The Morgan fingerprint density at radius 1 is 1.26 bits per heavy atom. The number of non-ortho nitro benzene ring substituents is 1. The smallest absolute Gasteiger partial charge is 0.269 e. The number of anilines is 1. The number of hydrogen-bond donors (Lipinski definition) is 1. The third kappa shape index (κ3) is 4.77. The second-order valence-corrected chi connectivity index (χ2v) is 6.44.